The van der Waals surface area contributed by atoms with Crippen LogP contribution in [0.25, 0.3) is 0 Å². The first-order chi connectivity index (χ1) is 9.47. The first-order valence-electron chi connectivity index (χ1n) is 6.60. The third-order valence-corrected chi connectivity index (χ3v) is 3.62. The molecule has 20 heavy (non-hydrogen) atoms. The molecule has 3 N–H and O–H groups in total. The van der Waals surface area contributed by atoms with Gasteiger partial charge in [-0.2, -0.15) is 0 Å². The number of carbonyl (C=O) groups excluding carboxylic acids is 2. The van der Waals surface area contributed by atoms with E-state index in [1.54, 1.807) is 11.0 Å². The Morgan fingerprint density at radius 2 is 2.15 bits per heavy atom. The van der Waals surface area contributed by atoms with Gasteiger partial charge in [-0.3, -0.25) is 4.79 Å². The lowest BCUT2D eigenvalue weighted by Crippen LogP contribution is -2.50. The standard InChI is InChI=1S/C14H18FN3O2/c1-9-5-6-10(13(16)19)8-18(9)14(20)17-12-4-2-3-11(15)7-12/h2-4,7,9-10H,5-6,8H2,1H3,(H2,16,19)(H,17,20). The number of halogens is 1. The number of amides is 3. The van der Waals surface area contributed by atoms with E-state index in [0.717, 1.165) is 6.42 Å². The van der Waals surface area contributed by atoms with E-state index < -0.39 is 5.82 Å². The maximum Gasteiger partial charge on any atom is 0.322 e. The number of nitrogens with one attached hydrogen (secondary N) is 1. The van der Waals surface area contributed by atoms with E-state index in [0.29, 0.717) is 18.7 Å². The number of likely N-dealkylation sites (tertiary alicyclic amines) is 1. The summed E-state index contributed by atoms with van der Waals surface area (Å²) >= 11 is 0. The Morgan fingerprint density at radius 1 is 1.40 bits per heavy atom. The predicted octanol–water partition coefficient (Wildman–Crippen LogP) is 1.94. The summed E-state index contributed by atoms with van der Waals surface area (Å²) in [5.74, 6) is -1.12. The van der Waals surface area contributed by atoms with Crippen molar-refractivity contribution in [1.82, 2.24) is 4.90 Å². The van der Waals surface area contributed by atoms with Crippen LogP contribution in [0.1, 0.15) is 19.8 Å². The first-order valence-corrected chi connectivity index (χ1v) is 6.60. The van der Waals surface area contributed by atoms with Gasteiger partial charge in [0.05, 0.1) is 5.92 Å². The highest BCUT2D eigenvalue weighted by Gasteiger charge is 2.31. The maximum absolute atomic E-state index is 13.1. The molecule has 1 aliphatic heterocycles. The number of rotatable bonds is 2. The van der Waals surface area contributed by atoms with Crippen LogP contribution in [0.15, 0.2) is 24.3 Å². The van der Waals surface area contributed by atoms with Crippen molar-refractivity contribution in [2.45, 2.75) is 25.8 Å². The van der Waals surface area contributed by atoms with E-state index in [9.17, 15) is 14.0 Å². The van der Waals surface area contributed by atoms with Crippen LogP contribution in [0.2, 0.25) is 0 Å². The van der Waals surface area contributed by atoms with E-state index >= 15 is 0 Å². The monoisotopic (exact) mass is 279 g/mol. The van der Waals surface area contributed by atoms with Crippen LogP contribution in [-0.4, -0.2) is 29.4 Å². The molecule has 6 heteroatoms. The molecule has 108 valence electrons. The second-order valence-electron chi connectivity index (χ2n) is 5.12. The molecule has 1 saturated heterocycles. The van der Waals surface area contributed by atoms with E-state index in [1.165, 1.54) is 18.2 Å². The van der Waals surface area contributed by atoms with Crippen LogP contribution in [0.4, 0.5) is 14.9 Å². The zero-order valence-corrected chi connectivity index (χ0v) is 11.3. The zero-order chi connectivity index (χ0) is 14.7. The van der Waals surface area contributed by atoms with E-state index in [-0.39, 0.29) is 23.9 Å². The molecule has 1 aliphatic rings. The second kappa shape index (κ2) is 5.90. The average molecular weight is 279 g/mol. The lowest BCUT2D eigenvalue weighted by atomic mass is 9.93. The molecular weight excluding hydrogens is 261 g/mol. The summed E-state index contributed by atoms with van der Waals surface area (Å²) in [6.45, 7) is 2.22. The number of benzene rings is 1. The van der Waals surface area contributed by atoms with Crippen LogP contribution >= 0.6 is 0 Å². The largest absolute Gasteiger partial charge is 0.369 e. The SMILES string of the molecule is CC1CCC(C(N)=O)CN1C(=O)Nc1cccc(F)c1. The van der Waals surface area contributed by atoms with Gasteiger partial charge in [0.2, 0.25) is 5.91 Å². The maximum atomic E-state index is 13.1. The minimum Gasteiger partial charge on any atom is -0.369 e. The number of nitrogens with zero attached hydrogens (tertiary/aromatic N) is 1. The van der Waals surface area contributed by atoms with Crippen molar-refractivity contribution in [2.24, 2.45) is 11.7 Å². The topological polar surface area (TPSA) is 75.4 Å². The molecule has 2 unspecified atom stereocenters. The summed E-state index contributed by atoms with van der Waals surface area (Å²) in [6, 6.07) is 5.38. The highest BCUT2D eigenvalue weighted by atomic mass is 19.1. The molecule has 2 atom stereocenters. The molecule has 1 heterocycles. The zero-order valence-electron chi connectivity index (χ0n) is 11.3. The molecule has 0 radical (unpaired) electrons. The van der Waals surface area contributed by atoms with Gasteiger partial charge in [0.1, 0.15) is 5.82 Å². The van der Waals surface area contributed by atoms with Crippen molar-refractivity contribution in [1.29, 1.82) is 0 Å². The molecule has 0 aliphatic carbocycles. The fourth-order valence-electron chi connectivity index (χ4n) is 2.38. The molecular formula is C14H18FN3O2. The van der Waals surface area contributed by atoms with Crippen LogP contribution in [0.5, 0.6) is 0 Å². The summed E-state index contributed by atoms with van der Waals surface area (Å²) in [4.78, 5) is 25.0. The minimum atomic E-state index is -0.412. The number of piperidine rings is 1. The molecule has 5 nitrogen and oxygen atoms in total. The quantitative estimate of drug-likeness (QED) is 0.868. The minimum absolute atomic E-state index is 0.0270. The lowest BCUT2D eigenvalue weighted by Gasteiger charge is -2.36. The molecule has 1 aromatic rings. The van der Waals surface area contributed by atoms with Crippen molar-refractivity contribution >= 4 is 17.6 Å². The molecule has 0 spiro atoms. The summed E-state index contributed by atoms with van der Waals surface area (Å²) in [5.41, 5.74) is 5.69. The van der Waals surface area contributed by atoms with Gasteiger partial charge in [-0.05, 0) is 38.0 Å². The summed E-state index contributed by atoms with van der Waals surface area (Å²) in [5, 5.41) is 2.64. The first kappa shape index (κ1) is 14.3. The third-order valence-electron chi connectivity index (χ3n) is 3.62. The second-order valence-corrected chi connectivity index (χ2v) is 5.12. The normalized spacial score (nSPS) is 22.4. The number of hydrogen-bond donors (Lipinski definition) is 2. The van der Waals surface area contributed by atoms with Gasteiger partial charge >= 0.3 is 6.03 Å². The molecule has 1 fully saturated rings. The summed E-state index contributed by atoms with van der Waals surface area (Å²) < 4.78 is 13.1. The number of carbonyl (C=O) groups is 2. The highest BCUT2D eigenvalue weighted by molar-refractivity contribution is 5.90. The van der Waals surface area contributed by atoms with Crippen LogP contribution < -0.4 is 11.1 Å². The van der Waals surface area contributed by atoms with Gasteiger partial charge < -0.3 is 16.0 Å². The van der Waals surface area contributed by atoms with Gasteiger partial charge in [-0.1, -0.05) is 6.07 Å². The predicted molar refractivity (Wildman–Crippen MR) is 73.5 cm³/mol. The molecule has 1 aromatic carbocycles. The Labute approximate surface area is 116 Å². The number of nitrogens with two attached hydrogens (primary N) is 1. The Balaban J connectivity index is 2.05. The van der Waals surface area contributed by atoms with E-state index in [1.807, 2.05) is 6.92 Å². The smallest absolute Gasteiger partial charge is 0.322 e. The van der Waals surface area contributed by atoms with Gasteiger partial charge in [0.25, 0.3) is 0 Å². The van der Waals surface area contributed by atoms with Crippen molar-refractivity contribution in [2.75, 3.05) is 11.9 Å². The third kappa shape index (κ3) is 3.26. The van der Waals surface area contributed by atoms with Crippen molar-refractivity contribution in [3.8, 4) is 0 Å². The number of primary amides is 1. The van der Waals surface area contributed by atoms with Crippen molar-refractivity contribution in [3.63, 3.8) is 0 Å². The lowest BCUT2D eigenvalue weighted by molar-refractivity contribution is -0.123. The van der Waals surface area contributed by atoms with E-state index in [2.05, 4.69) is 5.32 Å². The summed E-state index contributed by atoms with van der Waals surface area (Å²) in [7, 11) is 0. The van der Waals surface area contributed by atoms with Gasteiger partial charge in [0.15, 0.2) is 0 Å². The summed E-state index contributed by atoms with van der Waals surface area (Å²) in [6.07, 6.45) is 1.42. The molecule has 0 saturated carbocycles. The fourth-order valence-corrected chi connectivity index (χ4v) is 2.38. The van der Waals surface area contributed by atoms with Gasteiger partial charge in [0, 0.05) is 18.3 Å². The Hall–Kier alpha value is -2.11. The Kier molecular flexibility index (Phi) is 4.22. The number of anilines is 1. The van der Waals surface area contributed by atoms with Gasteiger partial charge in [-0.25, -0.2) is 9.18 Å². The van der Waals surface area contributed by atoms with Crippen molar-refractivity contribution in [3.05, 3.63) is 30.1 Å². The molecule has 0 bridgehead atoms. The molecule has 3 amide bonds. The van der Waals surface area contributed by atoms with Crippen LogP contribution in [-0.2, 0) is 4.79 Å². The molecule has 2 rings (SSSR count). The van der Waals surface area contributed by atoms with Gasteiger partial charge in [-0.15, -0.1) is 0 Å². The van der Waals surface area contributed by atoms with Crippen LogP contribution in [0.3, 0.4) is 0 Å². The molecule has 0 aromatic heterocycles. The van der Waals surface area contributed by atoms with Crippen LogP contribution in [0, 0.1) is 11.7 Å². The number of hydrogen-bond acceptors (Lipinski definition) is 2. The Bertz CT molecular complexity index is 521. The van der Waals surface area contributed by atoms with Crippen molar-refractivity contribution < 1.29 is 14.0 Å². The highest BCUT2D eigenvalue weighted by Crippen LogP contribution is 2.22. The number of urea groups is 1. The van der Waals surface area contributed by atoms with E-state index in [4.69, 9.17) is 5.73 Å². The fraction of sp³-hybridized carbons (Fsp3) is 0.429. The Morgan fingerprint density at radius 3 is 2.80 bits per heavy atom. The average Bonchev–Trinajstić information content (AvgIpc) is 2.38.